The largest absolute Gasteiger partial charge is 0.384 e. The van der Waals surface area contributed by atoms with Crippen LogP contribution < -0.4 is 0 Å². The van der Waals surface area contributed by atoms with Crippen LogP contribution in [0, 0.1) is 12.7 Å². The standard InChI is InChI=1S/C22H16FN3O4/c1-12-9-13(23)11-14(10-12)25-18-8-4-7-17(18)19(24-25)22(29)30-26-20(27)15-5-2-3-6-16(15)21(26)28/h2-3,5-6,9-11H,4,7-8H2,1H3. The van der Waals surface area contributed by atoms with Crippen molar-refractivity contribution >= 4 is 17.8 Å². The average Bonchev–Trinajstić information content (AvgIpc) is 3.38. The van der Waals surface area contributed by atoms with Gasteiger partial charge in [0.15, 0.2) is 5.69 Å². The molecule has 2 amide bonds. The smallest absolute Gasteiger partial charge is 0.322 e. The number of amides is 2. The molecule has 3 aromatic rings. The Bertz CT molecular complexity index is 1190. The Hall–Kier alpha value is -3.81. The van der Waals surface area contributed by atoms with Crippen molar-refractivity contribution < 1.29 is 23.6 Å². The van der Waals surface area contributed by atoms with Crippen LogP contribution in [-0.4, -0.2) is 32.6 Å². The Labute approximate surface area is 170 Å². The minimum Gasteiger partial charge on any atom is -0.322 e. The molecule has 0 spiro atoms. The number of fused-ring (bicyclic) bond motifs is 2. The molecule has 0 radical (unpaired) electrons. The van der Waals surface area contributed by atoms with E-state index < -0.39 is 23.6 Å². The number of benzene rings is 2. The average molecular weight is 405 g/mol. The molecule has 0 bridgehead atoms. The molecule has 1 aliphatic heterocycles. The van der Waals surface area contributed by atoms with Gasteiger partial charge in [0.05, 0.1) is 16.8 Å². The van der Waals surface area contributed by atoms with Gasteiger partial charge >= 0.3 is 5.97 Å². The first-order valence-corrected chi connectivity index (χ1v) is 9.52. The maximum atomic E-state index is 13.9. The zero-order valence-electron chi connectivity index (χ0n) is 16.0. The van der Waals surface area contributed by atoms with Crippen LogP contribution in [-0.2, 0) is 17.7 Å². The quantitative estimate of drug-likeness (QED) is 0.625. The zero-order valence-corrected chi connectivity index (χ0v) is 16.0. The van der Waals surface area contributed by atoms with Gasteiger partial charge in [-0.05, 0) is 62.1 Å². The highest BCUT2D eigenvalue weighted by atomic mass is 19.1. The lowest BCUT2D eigenvalue weighted by atomic mass is 10.1. The summed E-state index contributed by atoms with van der Waals surface area (Å²) in [5.41, 5.74) is 3.12. The molecule has 1 aromatic heterocycles. The minimum atomic E-state index is -0.894. The number of carbonyl (C=O) groups is 3. The van der Waals surface area contributed by atoms with Gasteiger partial charge in [-0.25, -0.2) is 13.9 Å². The van der Waals surface area contributed by atoms with E-state index >= 15 is 0 Å². The topological polar surface area (TPSA) is 81.5 Å². The van der Waals surface area contributed by atoms with Crippen molar-refractivity contribution in [2.75, 3.05) is 0 Å². The lowest BCUT2D eigenvalue weighted by Crippen LogP contribution is -2.33. The van der Waals surface area contributed by atoms with Gasteiger partial charge < -0.3 is 4.84 Å². The third kappa shape index (κ3) is 2.72. The van der Waals surface area contributed by atoms with Crippen LogP contribution in [0.15, 0.2) is 42.5 Å². The van der Waals surface area contributed by atoms with Crippen molar-refractivity contribution in [3.05, 3.63) is 81.9 Å². The van der Waals surface area contributed by atoms with Gasteiger partial charge in [0, 0.05) is 11.3 Å². The van der Waals surface area contributed by atoms with Gasteiger partial charge in [-0.2, -0.15) is 5.10 Å². The summed E-state index contributed by atoms with van der Waals surface area (Å²) in [7, 11) is 0. The maximum absolute atomic E-state index is 13.9. The molecule has 0 N–H and O–H groups in total. The highest BCUT2D eigenvalue weighted by Gasteiger charge is 2.40. The summed E-state index contributed by atoms with van der Waals surface area (Å²) in [5.74, 6) is -2.68. The van der Waals surface area contributed by atoms with Gasteiger partial charge in [-0.3, -0.25) is 9.59 Å². The number of carbonyl (C=O) groups excluding carboxylic acids is 3. The number of nitrogens with zero attached hydrogens (tertiary/aromatic N) is 3. The SMILES string of the molecule is Cc1cc(F)cc(-n2nc(C(=O)ON3C(=O)c4ccccc4C3=O)c3c2CCC3)c1. The first-order valence-electron chi connectivity index (χ1n) is 9.52. The van der Waals surface area contributed by atoms with E-state index in [2.05, 4.69) is 5.10 Å². The summed E-state index contributed by atoms with van der Waals surface area (Å²) < 4.78 is 15.4. The van der Waals surface area contributed by atoms with Gasteiger partial charge in [-0.1, -0.05) is 17.2 Å². The van der Waals surface area contributed by atoms with E-state index in [0.717, 1.165) is 17.7 Å². The van der Waals surface area contributed by atoms with Gasteiger partial charge in [-0.15, -0.1) is 0 Å². The number of hydroxylamine groups is 2. The predicted octanol–water partition coefficient (Wildman–Crippen LogP) is 3.18. The summed E-state index contributed by atoms with van der Waals surface area (Å²) in [4.78, 5) is 43.0. The van der Waals surface area contributed by atoms with Crippen LogP contribution in [0.5, 0.6) is 0 Å². The van der Waals surface area contributed by atoms with Crippen LogP contribution in [0.2, 0.25) is 0 Å². The molecule has 0 saturated heterocycles. The highest BCUT2D eigenvalue weighted by molar-refractivity contribution is 6.21. The van der Waals surface area contributed by atoms with E-state index in [0.29, 0.717) is 29.2 Å². The number of rotatable bonds is 3. The van der Waals surface area contributed by atoms with Crippen molar-refractivity contribution in [1.82, 2.24) is 14.8 Å². The molecule has 8 heteroatoms. The van der Waals surface area contributed by atoms with Crippen LogP contribution in [0.25, 0.3) is 5.69 Å². The molecule has 30 heavy (non-hydrogen) atoms. The summed E-state index contributed by atoms with van der Waals surface area (Å²) in [6, 6.07) is 10.8. The first kappa shape index (κ1) is 18.2. The molecule has 2 heterocycles. The molecular formula is C22H16FN3O4. The lowest BCUT2D eigenvalue weighted by Gasteiger charge is -2.12. The van der Waals surface area contributed by atoms with E-state index in [4.69, 9.17) is 4.84 Å². The molecule has 1 aliphatic carbocycles. The zero-order chi connectivity index (χ0) is 21.0. The van der Waals surface area contributed by atoms with E-state index in [9.17, 15) is 18.8 Å². The highest BCUT2D eigenvalue weighted by Crippen LogP contribution is 2.30. The Morgan fingerprint density at radius 3 is 2.43 bits per heavy atom. The lowest BCUT2D eigenvalue weighted by molar-refractivity contribution is -0.0589. The fourth-order valence-corrected chi connectivity index (χ4v) is 4.03. The number of aromatic nitrogens is 2. The maximum Gasteiger partial charge on any atom is 0.384 e. The molecule has 0 unspecified atom stereocenters. The van der Waals surface area contributed by atoms with Gasteiger partial charge in [0.2, 0.25) is 0 Å². The molecule has 0 atom stereocenters. The molecule has 2 aliphatic rings. The fraction of sp³-hybridized carbons (Fsp3) is 0.182. The fourth-order valence-electron chi connectivity index (χ4n) is 4.03. The van der Waals surface area contributed by atoms with Crippen molar-refractivity contribution in [2.45, 2.75) is 26.2 Å². The van der Waals surface area contributed by atoms with E-state index in [1.54, 1.807) is 25.1 Å². The number of aryl methyl sites for hydroxylation is 1. The number of imide groups is 1. The van der Waals surface area contributed by atoms with Gasteiger partial charge in [0.1, 0.15) is 5.82 Å². The second-order valence-corrected chi connectivity index (χ2v) is 7.36. The minimum absolute atomic E-state index is 0.0287. The molecule has 0 saturated carbocycles. The van der Waals surface area contributed by atoms with Crippen LogP contribution in [0.1, 0.15) is 54.4 Å². The van der Waals surface area contributed by atoms with Crippen molar-refractivity contribution in [3.63, 3.8) is 0 Å². The third-order valence-electron chi connectivity index (χ3n) is 5.33. The molecule has 0 fully saturated rings. The monoisotopic (exact) mass is 405 g/mol. The number of hydrogen-bond acceptors (Lipinski definition) is 5. The summed E-state index contributed by atoms with van der Waals surface area (Å²) >= 11 is 0. The third-order valence-corrected chi connectivity index (χ3v) is 5.33. The second-order valence-electron chi connectivity index (χ2n) is 7.36. The normalized spacial score (nSPS) is 14.8. The molecule has 150 valence electrons. The van der Waals surface area contributed by atoms with E-state index in [1.165, 1.54) is 28.9 Å². The number of hydrogen-bond donors (Lipinski definition) is 0. The van der Waals surface area contributed by atoms with Crippen molar-refractivity contribution in [1.29, 1.82) is 0 Å². The summed E-state index contributed by atoms with van der Waals surface area (Å²) in [5, 5.41) is 4.82. The number of halogens is 1. The van der Waals surface area contributed by atoms with E-state index in [1.807, 2.05) is 0 Å². The van der Waals surface area contributed by atoms with Gasteiger partial charge in [0.25, 0.3) is 11.8 Å². The molecule has 5 rings (SSSR count). The van der Waals surface area contributed by atoms with Crippen molar-refractivity contribution in [3.8, 4) is 5.69 Å². The van der Waals surface area contributed by atoms with Crippen LogP contribution in [0.4, 0.5) is 4.39 Å². The Morgan fingerprint density at radius 2 is 1.77 bits per heavy atom. The van der Waals surface area contributed by atoms with Crippen LogP contribution >= 0.6 is 0 Å². The first-order chi connectivity index (χ1) is 14.4. The molecule has 2 aromatic carbocycles. The Kier molecular flexibility index (Phi) is 4.02. The summed E-state index contributed by atoms with van der Waals surface area (Å²) in [6.07, 6.45) is 2.10. The molecular weight excluding hydrogens is 389 g/mol. The van der Waals surface area contributed by atoms with Crippen LogP contribution in [0.3, 0.4) is 0 Å². The van der Waals surface area contributed by atoms with E-state index in [-0.39, 0.29) is 16.8 Å². The van der Waals surface area contributed by atoms with Crippen molar-refractivity contribution in [2.24, 2.45) is 0 Å². The summed E-state index contributed by atoms with van der Waals surface area (Å²) in [6.45, 7) is 1.77. The second kappa shape index (κ2) is 6.62. The predicted molar refractivity (Wildman–Crippen MR) is 103 cm³/mol. The Morgan fingerprint density at radius 1 is 1.07 bits per heavy atom. The molecule has 7 nitrogen and oxygen atoms in total. The Balaban J connectivity index is 1.49.